The van der Waals surface area contributed by atoms with Crippen LogP contribution in [0.25, 0.3) is 10.9 Å². The van der Waals surface area contributed by atoms with Gasteiger partial charge in [0.15, 0.2) is 0 Å². The number of alkyl halides is 9. The summed E-state index contributed by atoms with van der Waals surface area (Å²) in [5, 5.41) is 42.8. The van der Waals surface area contributed by atoms with Crippen molar-refractivity contribution in [2.45, 2.75) is 76.1 Å². The molecule has 0 saturated carbocycles. The third-order valence-electron chi connectivity index (χ3n) is 7.15. The number of hydrogen-bond acceptors (Lipinski definition) is 9. The minimum absolute atomic E-state index is 0.0873. The standard InChI is InChI=1S/C25H37N3O4.3C2HF3O2/c1-3-4-5-6-7-12-27-13-14-28(19(17-27)15-25(30)31)18-24(29)21-10-11-26-23-9-8-20(32-2)16-22(21)23;3*3-2(4,5)1(6)7/h8-11,16,19,24,29H,3-7,12-15,17-18H2,1-2H3,(H,30,31);3*(H,6,7)/t19-,24+;;;/m1.../s1. The molecular weight excluding hydrogens is 745 g/mol. The summed E-state index contributed by atoms with van der Waals surface area (Å²) in [6.45, 7) is 6.04. The number of carboxylic acid groups (broad SMARTS) is 4. The van der Waals surface area contributed by atoms with Crippen LogP contribution in [0.1, 0.15) is 57.1 Å². The molecule has 1 aromatic heterocycles. The van der Waals surface area contributed by atoms with Crippen molar-refractivity contribution in [3.05, 3.63) is 36.0 Å². The summed E-state index contributed by atoms with van der Waals surface area (Å²) in [7, 11) is 1.62. The number of β-amino-alcohol motifs (C(OH)–C–C–N with tert-alkyl or cyclic N) is 1. The van der Waals surface area contributed by atoms with Gasteiger partial charge in [-0.15, -0.1) is 0 Å². The van der Waals surface area contributed by atoms with Gasteiger partial charge in [0.1, 0.15) is 5.75 Å². The average Bonchev–Trinajstić information content (AvgIpc) is 3.04. The highest BCUT2D eigenvalue weighted by Gasteiger charge is 2.39. The second kappa shape index (κ2) is 22.6. The first-order valence-corrected chi connectivity index (χ1v) is 15.5. The van der Waals surface area contributed by atoms with Gasteiger partial charge in [-0.2, -0.15) is 39.5 Å². The zero-order chi connectivity index (χ0) is 41.2. The molecule has 2 heterocycles. The molecule has 0 spiro atoms. The number of fused-ring (bicyclic) bond motifs is 1. The maximum atomic E-state index is 11.5. The van der Waals surface area contributed by atoms with E-state index in [1.54, 1.807) is 13.3 Å². The Morgan fingerprint density at radius 2 is 1.34 bits per heavy atom. The molecule has 1 saturated heterocycles. The molecule has 2 aromatic rings. The van der Waals surface area contributed by atoms with Gasteiger partial charge in [-0.05, 0) is 42.8 Å². The third-order valence-corrected chi connectivity index (χ3v) is 7.15. The van der Waals surface area contributed by atoms with Gasteiger partial charge in [-0.25, -0.2) is 14.4 Å². The maximum absolute atomic E-state index is 11.5. The molecule has 0 bridgehead atoms. The number of carboxylic acids is 4. The predicted molar refractivity (Wildman–Crippen MR) is 167 cm³/mol. The fourth-order valence-corrected chi connectivity index (χ4v) is 4.62. The van der Waals surface area contributed by atoms with Crippen LogP contribution in [0.5, 0.6) is 5.75 Å². The lowest BCUT2D eigenvalue weighted by molar-refractivity contribution is -0.193. The van der Waals surface area contributed by atoms with Crippen LogP contribution >= 0.6 is 0 Å². The number of carbonyl (C=O) groups is 4. The molecule has 0 amide bonds. The molecule has 0 aliphatic carbocycles. The summed E-state index contributed by atoms with van der Waals surface area (Å²) >= 11 is 0. The van der Waals surface area contributed by atoms with E-state index in [1.807, 2.05) is 24.3 Å². The number of benzene rings is 1. The summed E-state index contributed by atoms with van der Waals surface area (Å²) in [5.41, 5.74) is 1.60. The zero-order valence-electron chi connectivity index (χ0n) is 28.3. The highest BCUT2D eigenvalue weighted by atomic mass is 19.4. The number of piperazine rings is 1. The van der Waals surface area contributed by atoms with Crippen LogP contribution in [0.15, 0.2) is 30.5 Å². The number of halogens is 9. The van der Waals surface area contributed by atoms with Crippen molar-refractivity contribution in [2.75, 3.05) is 39.8 Å². The normalized spacial score (nSPS) is 15.7. The fraction of sp³-hybridized carbons (Fsp3) is 0.581. The van der Waals surface area contributed by atoms with Crippen LogP contribution in [0.3, 0.4) is 0 Å². The first-order chi connectivity index (χ1) is 24.3. The van der Waals surface area contributed by atoms with Crippen molar-refractivity contribution >= 4 is 34.8 Å². The van der Waals surface area contributed by atoms with E-state index in [4.69, 9.17) is 34.4 Å². The van der Waals surface area contributed by atoms with Crippen molar-refractivity contribution in [1.29, 1.82) is 0 Å². The Morgan fingerprint density at radius 1 is 0.830 bits per heavy atom. The number of aliphatic carboxylic acids is 4. The number of nitrogens with zero attached hydrogens (tertiary/aromatic N) is 3. The van der Waals surface area contributed by atoms with Crippen molar-refractivity contribution in [3.63, 3.8) is 0 Å². The fourth-order valence-electron chi connectivity index (χ4n) is 4.62. The minimum atomic E-state index is -5.08. The Kier molecular flexibility index (Phi) is 20.7. The molecule has 3 rings (SSSR count). The average molecular weight is 786 g/mol. The molecule has 0 radical (unpaired) electrons. The number of unbranched alkanes of at least 4 members (excludes halogenated alkanes) is 4. The van der Waals surface area contributed by atoms with Crippen LogP contribution in [-0.4, -0.2) is 129 Å². The van der Waals surface area contributed by atoms with Gasteiger partial charge < -0.3 is 35.2 Å². The Morgan fingerprint density at radius 3 is 1.79 bits per heavy atom. The lowest BCUT2D eigenvalue weighted by atomic mass is 10.0. The van der Waals surface area contributed by atoms with Gasteiger partial charge >= 0.3 is 42.4 Å². The van der Waals surface area contributed by atoms with E-state index in [0.717, 1.165) is 54.8 Å². The van der Waals surface area contributed by atoms with Crippen molar-refractivity contribution in [1.82, 2.24) is 14.8 Å². The Bertz CT molecular complexity index is 1400. The van der Waals surface area contributed by atoms with Crippen LogP contribution in [0.2, 0.25) is 0 Å². The molecule has 2 atom stereocenters. The lowest BCUT2D eigenvalue weighted by Gasteiger charge is -2.42. The van der Waals surface area contributed by atoms with Crippen molar-refractivity contribution < 1.29 is 89.0 Å². The zero-order valence-corrected chi connectivity index (χ0v) is 28.3. The molecule has 1 aliphatic rings. The van der Waals surface area contributed by atoms with Crippen LogP contribution in [0, 0.1) is 0 Å². The molecule has 1 aliphatic heterocycles. The summed E-state index contributed by atoms with van der Waals surface area (Å²) in [4.78, 5) is 47.1. The molecule has 0 unspecified atom stereocenters. The van der Waals surface area contributed by atoms with E-state index < -0.39 is 48.5 Å². The molecule has 1 aromatic carbocycles. The highest BCUT2D eigenvalue weighted by molar-refractivity contribution is 5.84. The molecule has 13 nitrogen and oxygen atoms in total. The monoisotopic (exact) mass is 785 g/mol. The number of ether oxygens (including phenoxy) is 1. The first kappa shape index (κ1) is 48.6. The predicted octanol–water partition coefficient (Wildman–Crippen LogP) is 5.61. The van der Waals surface area contributed by atoms with Gasteiger partial charge in [-0.3, -0.25) is 14.7 Å². The largest absolute Gasteiger partial charge is 0.497 e. The first-order valence-electron chi connectivity index (χ1n) is 15.5. The van der Waals surface area contributed by atoms with Crippen molar-refractivity contribution in [3.8, 4) is 5.75 Å². The molecule has 5 N–H and O–H groups in total. The number of aliphatic hydroxyl groups excluding tert-OH is 1. The molecular formula is C31H40F9N3O10. The van der Waals surface area contributed by atoms with Gasteiger partial charge in [0, 0.05) is 43.8 Å². The third kappa shape index (κ3) is 19.8. The van der Waals surface area contributed by atoms with Gasteiger partial charge in [0.05, 0.1) is 25.2 Å². The Hall–Kier alpha value is -4.44. The van der Waals surface area contributed by atoms with Gasteiger partial charge in [0.25, 0.3) is 0 Å². The van der Waals surface area contributed by atoms with E-state index in [1.165, 1.54) is 25.7 Å². The molecule has 1 fully saturated rings. The smallest absolute Gasteiger partial charge is 0.490 e. The topological polar surface area (TPSA) is 198 Å². The quantitative estimate of drug-likeness (QED) is 0.132. The van der Waals surface area contributed by atoms with E-state index in [0.29, 0.717) is 6.54 Å². The number of rotatable bonds is 12. The number of hydrogen-bond donors (Lipinski definition) is 5. The molecule has 302 valence electrons. The van der Waals surface area contributed by atoms with Gasteiger partial charge in [0.2, 0.25) is 0 Å². The van der Waals surface area contributed by atoms with Crippen LogP contribution in [-0.2, 0) is 19.2 Å². The molecule has 22 heteroatoms. The van der Waals surface area contributed by atoms with Crippen molar-refractivity contribution in [2.24, 2.45) is 0 Å². The summed E-state index contributed by atoms with van der Waals surface area (Å²) in [5.74, 6) is -8.35. The van der Waals surface area contributed by atoms with E-state index in [2.05, 4.69) is 21.7 Å². The van der Waals surface area contributed by atoms with E-state index >= 15 is 0 Å². The summed E-state index contributed by atoms with van der Waals surface area (Å²) < 4.78 is 101. The summed E-state index contributed by atoms with van der Waals surface area (Å²) in [6, 6.07) is 7.37. The number of methoxy groups -OCH3 is 1. The van der Waals surface area contributed by atoms with Gasteiger partial charge in [-0.1, -0.05) is 32.6 Å². The Labute approximate surface area is 296 Å². The lowest BCUT2D eigenvalue weighted by Crippen LogP contribution is -2.54. The highest BCUT2D eigenvalue weighted by Crippen LogP contribution is 2.28. The second-order valence-corrected chi connectivity index (χ2v) is 11.2. The Balaban J connectivity index is 0.00000105. The van der Waals surface area contributed by atoms with Crippen LogP contribution < -0.4 is 4.74 Å². The number of pyridine rings is 1. The maximum Gasteiger partial charge on any atom is 0.490 e. The minimum Gasteiger partial charge on any atom is -0.497 e. The summed E-state index contributed by atoms with van der Waals surface area (Å²) in [6.07, 6.45) is -8.01. The SMILES string of the molecule is CCCCCCCN1CCN(C[C@H](O)c2ccnc3ccc(OC)cc23)[C@H](CC(=O)O)C1.O=C(O)C(F)(F)F.O=C(O)C(F)(F)F.O=C(O)C(F)(F)F. The van der Waals surface area contributed by atoms with E-state index in [9.17, 15) is 54.5 Å². The second-order valence-electron chi connectivity index (χ2n) is 11.2. The van der Waals surface area contributed by atoms with Crippen LogP contribution in [0.4, 0.5) is 39.5 Å². The molecule has 53 heavy (non-hydrogen) atoms. The number of aliphatic hydroxyl groups is 1. The number of aromatic nitrogens is 1. The van der Waals surface area contributed by atoms with E-state index in [-0.39, 0.29) is 12.5 Å².